The van der Waals surface area contributed by atoms with E-state index in [2.05, 4.69) is 17.6 Å². The van der Waals surface area contributed by atoms with Gasteiger partial charge in [-0.25, -0.2) is 0 Å². The molecule has 1 N–H and O–H groups in total. The maximum absolute atomic E-state index is 13.3. The number of aromatic nitrogens is 1. The molecule has 0 bridgehead atoms. The van der Waals surface area contributed by atoms with Crippen LogP contribution in [0.1, 0.15) is 36.5 Å². The molecule has 5 nitrogen and oxygen atoms in total. The average molecular weight is 342 g/mol. The Kier molecular flexibility index (Phi) is 4.52. The van der Waals surface area contributed by atoms with Gasteiger partial charge in [0.15, 0.2) is 0 Å². The number of fused-ring (bicyclic) bond motifs is 1. The van der Waals surface area contributed by atoms with Crippen LogP contribution in [0.2, 0.25) is 0 Å². The Balaban J connectivity index is 1.66. The number of para-hydroxylation sites is 1. The second-order valence-electron chi connectivity index (χ2n) is 7.15. The highest BCUT2D eigenvalue weighted by Gasteiger charge is 2.40. The van der Waals surface area contributed by atoms with Crippen LogP contribution in [0.3, 0.4) is 0 Å². The minimum Gasteiger partial charge on any atom is -0.393 e. The molecule has 2 aliphatic rings. The van der Waals surface area contributed by atoms with Crippen molar-refractivity contribution in [3.8, 4) is 0 Å². The molecule has 1 aromatic heterocycles. The van der Waals surface area contributed by atoms with Gasteiger partial charge in [-0.3, -0.25) is 4.79 Å². The Hall–Kier alpha value is -1.85. The van der Waals surface area contributed by atoms with Crippen molar-refractivity contribution in [1.29, 1.82) is 0 Å². The van der Waals surface area contributed by atoms with Crippen molar-refractivity contribution in [2.75, 3.05) is 19.8 Å². The van der Waals surface area contributed by atoms with E-state index in [9.17, 15) is 9.90 Å². The molecule has 3 heterocycles. The van der Waals surface area contributed by atoms with Gasteiger partial charge in [-0.2, -0.15) is 0 Å². The summed E-state index contributed by atoms with van der Waals surface area (Å²) < 4.78 is 7.72. The lowest BCUT2D eigenvalue weighted by Gasteiger charge is -2.37. The van der Waals surface area contributed by atoms with Crippen molar-refractivity contribution in [3.63, 3.8) is 0 Å². The van der Waals surface area contributed by atoms with Crippen LogP contribution in [0.25, 0.3) is 10.9 Å². The zero-order valence-corrected chi connectivity index (χ0v) is 14.7. The molecule has 134 valence electrons. The number of benzene rings is 1. The number of amides is 1. The smallest absolute Gasteiger partial charge is 0.256 e. The first-order chi connectivity index (χ1) is 12.2. The molecular weight excluding hydrogens is 316 g/mol. The molecule has 2 aromatic rings. The summed E-state index contributed by atoms with van der Waals surface area (Å²) in [5.41, 5.74) is 1.88. The second-order valence-corrected chi connectivity index (χ2v) is 7.15. The standard InChI is InChI=1S/C20H26N2O3/c1-2-21-12-15(14-6-3-4-7-17(14)21)20(24)22-10-5-8-18(22)16-13-25-11-9-19(16)23/h3-4,6-7,12,16,18-19,23H,2,5,8-11,13H2,1H3/t16-,18-,19-/m1/s1. The third-order valence-corrected chi connectivity index (χ3v) is 5.78. The number of nitrogens with zero attached hydrogens (tertiary/aromatic N) is 2. The molecule has 0 spiro atoms. The monoisotopic (exact) mass is 342 g/mol. The van der Waals surface area contributed by atoms with E-state index in [-0.39, 0.29) is 24.0 Å². The summed E-state index contributed by atoms with van der Waals surface area (Å²) in [5.74, 6) is 0.114. The maximum Gasteiger partial charge on any atom is 0.256 e. The van der Waals surface area contributed by atoms with Gasteiger partial charge in [-0.15, -0.1) is 0 Å². The SMILES string of the molecule is CCn1cc(C(=O)N2CCC[C@@H]2[C@H]2COCC[C@H]2O)c2ccccc21. The van der Waals surface area contributed by atoms with Crippen LogP contribution in [0, 0.1) is 5.92 Å². The van der Waals surface area contributed by atoms with Crippen molar-refractivity contribution in [2.24, 2.45) is 5.92 Å². The number of aryl methyl sites for hydroxylation is 1. The highest BCUT2D eigenvalue weighted by atomic mass is 16.5. The van der Waals surface area contributed by atoms with Gasteiger partial charge in [0.25, 0.3) is 5.91 Å². The molecule has 0 saturated carbocycles. The van der Waals surface area contributed by atoms with Crippen molar-refractivity contribution in [3.05, 3.63) is 36.0 Å². The summed E-state index contributed by atoms with van der Waals surface area (Å²) in [6.07, 6.45) is 4.22. The average Bonchev–Trinajstić information content (AvgIpc) is 3.26. The molecule has 2 aliphatic heterocycles. The van der Waals surface area contributed by atoms with E-state index in [4.69, 9.17) is 4.74 Å². The van der Waals surface area contributed by atoms with Crippen LogP contribution in [0.4, 0.5) is 0 Å². The Bertz CT molecular complexity index is 769. The van der Waals surface area contributed by atoms with Gasteiger partial charge in [0.05, 0.1) is 18.3 Å². The number of carbonyl (C=O) groups excluding carboxylic acids is 1. The Morgan fingerprint density at radius 2 is 2.16 bits per heavy atom. The van der Waals surface area contributed by atoms with Gasteiger partial charge in [-0.05, 0) is 32.3 Å². The summed E-state index contributed by atoms with van der Waals surface area (Å²) in [5, 5.41) is 11.4. The van der Waals surface area contributed by atoms with Gasteiger partial charge >= 0.3 is 0 Å². The van der Waals surface area contributed by atoms with E-state index < -0.39 is 0 Å². The number of rotatable bonds is 3. The van der Waals surface area contributed by atoms with E-state index in [1.54, 1.807) is 0 Å². The van der Waals surface area contributed by atoms with E-state index in [0.29, 0.717) is 19.6 Å². The highest BCUT2D eigenvalue weighted by Crippen LogP contribution is 2.32. The molecule has 0 radical (unpaired) electrons. The predicted molar refractivity (Wildman–Crippen MR) is 96.6 cm³/mol. The lowest BCUT2D eigenvalue weighted by atomic mass is 9.89. The van der Waals surface area contributed by atoms with Crippen LogP contribution in [0.15, 0.2) is 30.5 Å². The molecule has 2 fully saturated rings. The van der Waals surface area contributed by atoms with E-state index in [0.717, 1.165) is 42.4 Å². The van der Waals surface area contributed by atoms with Crippen molar-refractivity contribution >= 4 is 16.8 Å². The van der Waals surface area contributed by atoms with Crippen molar-refractivity contribution in [2.45, 2.75) is 44.9 Å². The quantitative estimate of drug-likeness (QED) is 0.933. The summed E-state index contributed by atoms with van der Waals surface area (Å²) >= 11 is 0. The van der Waals surface area contributed by atoms with Gasteiger partial charge in [0.2, 0.25) is 0 Å². The van der Waals surface area contributed by atoms with Crippen molar-refractivity contribution < 1.29 is 14.6 Å². The summed E-state index contributed by atoms with van der Waals surface area (Å²) in [4.78, 5) is 15.3. The molecule has 1 amide bonds. The first kappa shape index (κ1) is 16.6. The molecule has 2 saturated heterocycles. The third-order valence-electron chi connectivity index (χ3n) is 5.78. The summed E-state index contributed by atoms with van der Waals surface area (Å²) in [6, 6.07) is 8.16. The summed E-state index contributed by atoms with van der Waals surface area (Å²) in [7, 11) is 0. The highest BCUT2D eigenvalue weighted by molar-refractivity contribution is 6.07. The van der Waals surface area contributed by atoms with Crippen LogP contribution >= 0.6 is 0 Å². The molecule has 5 heteroatoms. The zero-order chi connectivity index (χ0) is 17.4. The fourth-order valence-electron chi connectivity index (χ4n) is 4.44. The summed E-state index contributed by atoms with van der Waals surface area (Å²) in [6.45, 7) is 4.86. The van der Waals surface area contributed by atoms with Gasteiger partial charge < -0.3 is 19.3 Å². The minimum absolute atomic E-state index is 0.0275. The number of hydrogen-bond acceptors (Lipinski definition) is 3. The minimum atomic E-state index is -0.371. The molecule has 25 heavy (non-hydrogen) atoms. The molecule has 1 aromatic carbocycles. The normalized spacial score (nSPS) is 27.1. The Morgan fingerprint density at radius 3 is 2.96 bits per heavy atom. The number of hydrogen-bond donors (Lipinski definition) is 1. The second kappa shape index (κ2) is 6.81. The topological polar surface area (TPSA) is 54.7 Å². The molecule has 3 atom stereocenters. The van der Waals surface area contributed by atoms with Gasteiger partial charge in [0.1, 0.15) is 0 Å². The third kappa shape index (κ3) is 2.85. The fourth-order valence-corrected chi connectivity index (χ4v) is 4.44. The Morgan fingerprint density at radius 1 is 1.32 bits per heavy atom. The van der Waals surface area contributed by atoms with E-state index >= 15 is 0 Å². The van der Waals surface area contributed by atoms with Gasteiger partial charge in [0, 0.05) is 48.8 Å². The predicted octanol–water partition coefficient (Wildman–Crippen LogP) is 2.66. The first-order valence-corrected chi connectivity index (χ1v) is 9.35. The number of aliphatic hydroxyl groups excluding tert-OH is 1. The van der Waals surface area contributed by atoms with E-state index in [1.807, 2.05) is 29.3 Å². The Labute approximate surface area is 148 Å². The number of carbonyl (C=O) groups is 1. The van der Waals surface area contributed by atoms with Crippen molar-refractivity contribution in [1.82, 2.24) is 9.47 Å². The molecular formula is C20H26N2O3. The number of aliphatic hydroxyl groups is 1. The first-order valence-electron chi connectivity index (χ1n) is 9.35. The number of likely N-dealkylation sites (tertiary alicyclic amines) is 1. The number of ether oxygens (including phenoxy) is 1. The van der Waals surface area contributed by atoms with Crippen LogP contribution in [-0.4, -0.2) is 52.4 Å². The lowest BCUT2D eigenvalue weighted by molar-refractivity contribution is -0.0589. The fraction of sp³-hybridized carbons (Fsp3) is 0.550. The maximum atomic E-state index is 13.3. The van der Waals surface area contributed by atoms with Crippen LogP contribution in [-0.2, 0) is 11.3 Å². The largest absolute Gasteiger partial charge is 0.393 e. The zero-order valence-electron chi connectivity index (χ0n) is 14.7. The van der Waals surface area contributed by atoms with Crippen LogP contribution < -0.4 is 0 Å². The molecule has 0 aliphatic carbocycles. The molecule has 0 unspecified atom stereocenters. The van der Waals surface area contributed by atoms with Crippen LogP contribution in [0.5, 0.6) is 0 Å². The lowest BCUT2D eigenvalue weighted by Crippen LogP contribution is -2.48. The van der Waals surface area contributed by atoms with Gasteiger partial charge in [-0.1, -0.05) is 18.2 Å². The molecule has 4 rings (SSSR count). The van der Waals surface area contributed by atoms with E-state index in [1.165, 1.54) is 0 Å².